The molecule has 4 aromatic rings. The summed E-state index contributed by atoms with van der Waals surface area (Å²) in [5.41, 5.74) is 1.19. The third-order valence-electron chi connectivity index (χ3n) is 5.14. The van der Waals surface area contributed by atoms with Crippen LogP contribution in [0, 0.1) is 0 Å². The van der Waals surface area contributed by atoms with Crippen LogP contribution in [0.1, 0.15) is 25.3 Å². The van der Waals surface area contributed by atoms with Gasteiger partial charge >= 0.3 is 6.18 Å². The van der Waals surface area contributed by atoms with Gasteiger partial charge in [0.05, 0.1) is 18.5 Å². The molecule has 0 aliphatic heterocycles. The smallest absolute Gasteiger partial charge is 0.355 e. The molecule has 0 fully saturated rings. The highest BCUT2D eigenvalue weighted by atomic mass is 35.5. The minimum absolute atomic E-state index is 0.00915. The Balaban J connectivity index is 1.77. The van der Waals surface area contributed by atoms with Gasteiger partial charge in [0.1, 0.15) is 0 Å². The lowest BCUT2D eigenvalue weighted by atomic mass is 10.0. The third kappa shape index (κ3) is 5.39. The number of carbonyl (C=O) groups excluding carboxylic acids is 1. The van der Waals surface area contributed by atoms with Crippen LogP contribution >= 0.6 is 11.6 Å². The van der Waals surface area contributed by atoms with Crippen LogP contribution in [0.25, 0.3) is 27.9 Å². The number of fused-ring (bicyclic) bond motifs is 3. The van der Waals surface area contributed by atoms with Crippen molar-refractivity contribution in [2.45, 2.75) is 32.4 Å². The van der Waals surface area contributed by atoms with Crippen LogP contribution in [0.5, 0.6) is 0 Å². The first kappa shape index (κ1) is 23.7. The largest absolute Gasteiger partial charge is 0.393 e. The Hall–Kier alpha value is -3.40. The molecule has 11 heteroatoms. The fourth-order valence-corrected chi connectivity index (χ4v) is 3.71. The number of halogens is 4. The summed E-state index contributed by atoms with van der Waals surface area (Å²) in [6.07, 6.45) is -3.72. The van der Waals surface area contributed by atoms with Crippen molar-refractivity contribution in [3.05, 3.63) is 53.1 Å². The van der Waals surface area contributed by atoms with Crippen LogP contribution in [0.3, 0.4) is 0 Å². The zero-order valence-corrected chi connectivity index (χ0v) is 19.0. The maximum atomic E-state index is 13.2. The molecule has 178 valence electrons. The molecule has 2 heterocycles. The van der Waals surface area contributed by atoms with E-state index in [1.807, 2.05) is 13.0 Å². The standard InChI is InChI=1S/C23H22ClF3N6O/c1-2-3-10-28-19(34)13-29-22-30-18-7-5-4-6-16(18)21-31-20(32-33(21)22)17-11-15(24)9-8-14(17)12-23(25,26)27/h4-9,11H,2-3,10,12-13H2,1H3,(H,28,34)(H,29,30). The van der Waals surface area contributed by atoms with E-state index in [0.29, 0.717) is 23.1 Å². The summed E-state index contributed by atoms with van der Waals surface area (Å²) in [5, 5.41) is 11.2. The van der Waals surface area contributed by atoms with Crippen molar-refractivity contribution in [2.75, 3.05) is 18.4 Å². The number of carbonyl (C=O) groups is 1. The number of aromatic nitrogens is 4. The first-order chi connectivity index (χ1) is 16.2. The van der Waals surface area contributed by atoms with Gasteiger partial charge in [-0.1, -0.05) is 43.1 Å². The molecule has 0 saturated carbocycles. The second-order valence-corrected chi connectivity index (χ2v) is 8.21. The van der Waals surface area contributed by atoms with Gasteiger partial charge in [0.2, 0.25) is 11.9 Å². The fourth-order valence-electron chi connectivity index (χ4n) is 3.54. The monoisotopic (exact) mass is 490 g/mol. The summed E-state index contributed by atoms with van der Waals surface area (Å²) in [5.74, 6) is 0.118. The highest BCUT2D eigenvalue weighted by Crippen LogP contribution is 2.32. The lowest BCUT2D eigenvalue weighted by Crippen LogP contribution is -2.31. The number of para-hydroxylation sites is 1. The van der Waals surface area contributed by atoms with Gasteiger partial charge in [0.25, 0.3) is 0 Å². The highest BCUT2D eigenvalue weighted by Gasteiger charge is 2.30. The van der Waals surface area contributed by atoms with Crippen LogP contribution in [-0.4, -0.2) is 44.8 Å². The van der Waals surface area contributed by atoms with E-state index in [4.69, 9.17) is 11.6 Å². The molecule has 0 atom stereocenters. The molecule has 0 radical (unpaired) electrons. The molecular weight excluding hydrogens is 469 g/mol. The lowest BCUT2D eigenvalue weighted by Gasteiger charge is -2.10. The Morgan fingerprint density at radius 3 is 2.71 bits per heavy atom. The number of rotatable bonds is 8. The van der Waals surface area contributed by atoms with Crippen molar-refractivity contribution in [1.82, 2.24) is 24.9 Å². The number of unbranched alkanes of at least 4 members (excludes halogenated alkanes) is 1. The average Bonchev–Trinajstić information content (AvgIpc) is 3.24. The van der Waals surface area contributed by atoms with E-state index >= 15 is 0 Å². The summed E-state index contributed by atoms with van der Waals surface area (Å²) in [6, 6.07) is 11.3. The second-order valence-electron chi connectivity index (χ2n) is 7.77. The summed E-state index contributed by atoms with van der Waals surface area (Å²) in [6.45, 7) is 2.56. The van der Waals surface area contributed by atoms with Gasteiger partial charge in [0, 0.05) is 22.5 Å². The molecule has 0 saturated heterocycles. The Labute approximate surface area is 198 Å². The average molecular weight is 491 g/mol. The van der Waals surface area contributed by atoms with Crippen LogP contribution in [0.2, 0.25) is 5.02 Å². The molecule has 0 spiro atoms. The Morgan fingerprint density at radius 2 is 1.94 bits per heavy atom. The normalized spacial score (nSPS) is 11.8. The number of hydrogen-bond acceptors (Lipinski definition) is 5. The molecule has 2 aromatic carbocycles. The number of nitrogens with one attached hydrogen (secondary N) is 2. The predicted octanol–water partition coefficient (Wildman–Crippen LogP) is 5.03. The van der Waals surface area contributed by atoms with Gasteiger partial charge in [0.15, 0.2) is 11.5 Å². The number of alkyl halides is 3. The minimum atomic E-state index is -4.41. The maximum Gasteiger partial charge on any atom is 0.393 e. The fraction of sp³-hybridized carbons (Fsp3) is 0.304. The highest BCUT2D eigenvalue weighted by molar-refractivity contribution is 6.30. The van der Waals surface area contributed by atoms with Crippen LogP contribution in [-0.2, 0) is 11.2 Å². The van der Waals surface area contributed by atoms with Crippen LogP contribution < -0.4 is 10.6 Å². The van der Waals surface area contributed by atoms with E-state index in [-0.39, 0.29) is 40.4 Å². The van der Waals surface area contributed by atoms with Crippen LogP contribution in [0.15, 0.2) is 42.5 Å². The van der Waals surface area contributed by atoms with Crippen molar-refractivity contribution in [1.29, 1.82) is 0 Å². The molecule has 0 aliphatic carbocycles. The van der Waals surface area contributed by atoms with Gasteiger partial charge < -0.3 is 10.6 Å². The lowest BCUT2D eigenvalue weighted by molar-refractivity contribution is -0.127. The summed E-state index contributed by atoms with van der Waals surface area (Å²) < 4.78 is 40.9. The topological polar surface area (TPSA) is 84.2 Å². The zero-order valence-electron chi connectivity index (χ0n) is 18.3. The molecule has 1 amide bonds. The Morgan fingerprint density at radius 1 is 1.15 bits per heavy atom. The minimum Gasteiger partial charge on any atom is -0.355 e. The van der Waals surface area contributed by atoms with E-state index in [0.717, 1.165) is 12.8 Å². The number of benzene rings is 2. The van der Waals surface area contributed by atoms with E-state index in [2.05, 4.69) is 25.7 Å². The van der Waals surface area contributed by atoms with Gasteiger partial charge in [-0.25, -0.2) is 9.97 Å². The molecular formula is C23H22ClF3N6O. The van der Waals surface area contributed by atoms with E-state index < -0.39 is 12.6 Å². The molecule has 34 heavy (non-hydrogen) atoms. The zero-order chi connectivity index (χ0) is 24.3. The van der Waals surface area contributed by atoms with Gasteiger partial charge in [-0.15, -0.1) is 5.10 Å². The number of anilines is 1. The van der Waals surface area contributed by atoms with E-state index in [9.17, 15) is 18.0 Å². The van der Waals surface area contributed by atoms with Crippen molar-refractivity contribution < 1.29 is 18.0 Å². The van der Waals surface area contributed by atoms with Crippen molar-refractivity contribution in [3.8, 4) is 11.4 Å². The van der Waals surface area contributed by atoms with Gasteiger partial charge in [-0.05, 0) is 36.2 Å². The number of hydrogen-bond donors (Lipinski definition) is 2. The summed E-state index contributed by atoms with van der Waals surface area (Å²) in [4.78, 5) is 21.2. The van der Waals surface area contributed by atoms with E-state index in [1.54, 1.807) is 18.2 Å². The molecule has 4 rings (SSSR count). The van der Waals surface area contributed by atoms with Gasteiger partial charge in [-0.2, -0.15) is 17.7 Å². The number of amides is 1. The second kappa shape index (κ2) is 9.84. The maximum absolute atomic E-state index is 13.2. The molecule has 7 nitrogen and oxygen atoms in total. The first-order valence-electron chi connectivity index (χ1n) is 10.8. The summed E-state index contributed by atoms with van der Waals surface area (Å²) >= 11 is 6.09. The van der Waals surface area contributed by atoms with Crippen LogP contribution in [0.4, 0.5) is 19.1 Å². The Bertz CT molecular complexity index is 1340. The van der Waals surface area contributed by atoms with Crippen molar-refractivity contribution in [2.24, 2.45) is 0 Å². The summed E-state index contributed by atoms with van der Waals surface area (Å²) in [7, 11) is 0. The van der Waals surface area contributed by atoms with E-state index in [1.165, 1.54) is 22.7 Å². The molecule has 0 aliphatic rings. The van der Waals surface area contributed by atoms with Gasteiger partial charge in [-0.3, -0.25) is 4.79 Å². The quantitative estimate of drug-likeness (QED) is 0.338. The third-order valence-corrected chi connectivity index (χ3v) is 5.38. The number of nitrogens with zero attached hydrogens (tertiary/aromatic N) is 4. The van der Waals surface area contributed by atoms with Crippen molar-refractivity contribution in [3.63, 3.8) is 0 Å². The molecule has 2 aromatic heterocycles. The Kier molecular flexibility index (Phi) is 6.87. The SMILES string of the molecule is CCCCNC(=O)CNc1nc2ccccc2c2nc(-c3cc(Cl)ccc3CC(F)(F)F)nn12. The molecule has 0 bridgehead atoms. The first-order valence-corrected chi connectivity index (χ1v) is 11.1. The molecule has 0 unspecified atom stereocenters. The molecule has 2 N–H and O–H groups in total. The van der Waals surface area contributed by atoms with Crippen molar-refractivity contribution >= 4 is 40.0 Å². The predicted molar refractivity (Wildman–Crippen MR) is 125 cm³/mol.